The van der Waals surface area contributed by atoms with Gasteiger partial charge in [-0.2, -0.15) is 0 Å². The van der Waals surface area contributed by atoms with E-state index in [9.17, 15) is 14.9 Å². The summed E-state index contributed by atoms with van der Waals surface area (Å²) < 4.78 is 0. The summed E-state index contributed by atoms with van der Waals surface area (Å²) in [7, 11) is 1.91. The van der Waals surface area contributed by atoms with Crippen molar-refractivity contribution in [3.8, 4) is 0 Å². The van der Waals surface area contributed by atoms with Gasteiger partial charge in [0.15, 0.2) is 6.54 Å². The first-order chi connectivity index (χ1) is 12.9. The zero-order valence-corrected chi connectivity index (χ0v) is 16.3. The average Bonchev–Trinajstić information content (AvgIpc) is 2.63. The van der Waals surface area contributed by atoms with Crippen LogP contribution in [0.4, 0.5) is 11.4 Å². The molecule has 0 aliphatic rings. The van der Waals surface area contributed by atoms with Crippen LogP contribution in [0.3, 0.4) is 0 Å². The second-order valence-corrected chi connectivity index (χ2v) is 6.89. The van der Waals surface area contributed by atoms with Crippen LogP contribution in [0.5, 0.6) is 0 Å². The van der Waals surface area contributed by atoms with Crippen molar-refractivity contribution >= 4 is 40.5 Å². The molecule has 2 aromatic carbocycles. The predicted octanol–water partition coefficient (Wildman–Crippen LogP) is 2.14. The number of carbonyl (C=O) groups is 1. The molecule has 2 aromatic rings. The SMILES string of the molecule is C[NH+](CC(=O)NCCNc1ccc([N+](=O)[O-])cc1)Cc1cccc(Cl)c1Cl. The van der Waals surface area contributed by atoms with E-state index >= 15 is 0 Å². The van der Waals surface area contributed by atoms with Gasteiger partial charge in [-0.15, -0.1) is 0 Å². The molecule has 27 heavy (non-hydrogen) atoms. The Kier molecular flexibility index (Phi) is 7.84. The van der Waals surface area contributed by atoms with Crippen LogP contribution in [0.1, 0.15) is 5.56 Å². The van der Waals surface area contributed by atoms with Gasteiger partial charge in [-0.05, 0) is 18.2 Å². The van der Waals surface area contributed by atoms with Gasteiger partial charge >= 0.3 is 0 Å². The zero-order valence-electron chi connectivity index (χ0n) is 14.8. The normalized spacial score (nSPS) is 11.7. The van der Waals surface area contributed by atoms with Crippen molar-refractivity contribution in [3.63, 3.8) is 0 Å². The molecular weight excluding hydrogens is 391 g/mol. The number of quaternary nitrogens is 1. The molecule has 0 fully saturated rings. The van der Waals surface area contributed by atoms with Crippen molar-refractivity contribution in [2.24, 2.45) is 0 Å². The Morgan fingerprint density at radius 1 is 1.15 bits per heavy atom. The lowest BCUT2D eigenvalue weighted by Gasteiger charge is -2.15. The first-order valence-electron chi connectivity index (χ1n) is 8.36. The quantitative estimate of drug-likeness (QED) is 0.335. The maximum Gasteiger partial charge on any atom is 0.275 e. The van der Waals surface area contributed by atoms with Crippen LogP contribution in [0.15, 0.2) is 42.5 Å². The molecule has 0 spiro atoms. The van der Waals surface area contributed by atoms with E-state index in [0.717, 1.165) is 16.2 Å². The molecule has 0 aliphatic carbocycles. The standard InChI is InChI=1S/C18H20Cl2N4O3/c1-23(11-13-3-2-4-16(19)18(13)20)12-17(25)22-10-9-21-14-5-7-15(8-6-14)24(26)27/h2-8,21H,9-12H2,1H3,(H,22,25)/p+1. The van der Waals surface area contributed by atoms with E-state index in [2.05, 4.69) is 10.6 Å². The van der Waals surface area contributed by atoms with Gasteiger partial charge in [-0.3, -0.25) is 14.9 Å². The summed E-state index contributed by atoms with van der Waals surface area (Å²) >= 11 is 12.2. The van der Waals surface area contributed by atoms with Crippen LogP contribution in [0.25, 0.3) is 0 Å². The molecule has 1 amide bonds. The number of nitrogens with one attached hydrogen (secondary N) is 3. The number of anilines is 1. The highest BCUT2D eigenvalue weighted by Crippen LogP contribution is 2.24. The Labute approximate surface area is 167 Å². The van der Waals surface area contributed by atoms with Gasteiger partial charge in [0.05, 0.1) is 22.0 Å². The predicted molar refractivity (Wildman–Crippen MR) is 107 cm³/mol. The van der Waals surface area contributed by atoms with Crippen molar-refractivity contribution in [2.75, 3.05) is 32.0 Å². The lowest BCUT2D eigenvalue weighted by atomic mass is 10.2. The molecule has 0 radical (unpaired) electrons. The van der Waals surface area contributed by atoms with Gasteiger partial charge in [0.2, 0.25) is 0 Å². The van der Waals surface area contributed by atoms with Crippen molar-refractivity contribution < 1.29 is 14.6 Å². The van der Waals surface area contributed by atoms with Gasteiger partial charge in [-0.1, -0.05) is 35.3 Å². The first kappa shape index (κ1) is 21.0. The van der Waals surface area contributed by atoms with Gasteiger partial charge in [-0.25, -0.2) is 0 Å². The molecule has 0 saturated carbocycles. The van der Waals surface area contributed by atoms with Crippen LogP contribution in [0, 0.1) is 10.1 Å². The summed E-state index contributed by atoms with van der Waals surface area (Å²) in [5, 5.41) is 17.6. The average molecular weight is 412 g/mol. The lowest BCUT2D eigenvalue weighted by molar-refractivity contribution is -0.885. The largest absolute Gasteiger partial charge is 0.383 e. The highest BCUT2D eigenvalue weighted by atomic mass is 35.5. The fourth-order valence-corrected chi connectivity index (χ4v) is 2.91. The molecule has 2 rings (SSSR count). The summed E-state index contributed by atoms with van der Waals surface area (Å²) in [5.41, 5.74) is 1.70. The number of halogens is 2. The smallest absolute Gasteiger partial charge is 0.275 e. The third-order valence-electron chi connectivity index (χ3n) is 3.84. The van der Waals surface area contributed by atoms with Crippen molar-refractivity contribution in [3.05, 3.63) is 68.2 Å². The van der Waals surface area contributed by atoms with Crippen LogP contribution in [0.2, 0.25) is 10.0 Å². The molecule has 1 atom stereocenters. The Balaban J connectivity index is 1.69. The fraction of sp³-hybridized carbons (Fsp3) is 0.278. The number of benzene rings is 2. The molecule has 0 aliphatic heterocycles. The first-order valence-corrected chi connectivity index (χ1v) is 9.11. The summed E-state index contributed by atoms with van der Waals surface area (Å²) in [6.45, 7) is 1.86. The van der Waals surface area contributed by atoms with Crippen LogP contribution < -0.4 is 15.5 Å². The lowest BCUT2D eigenvalue weighted by Crippen LogP contribution is -3.08. The molecule has 144 valence electrons. The summed E-state index contributed by atoms with van der Waals surface area (Å²) in [6, 6.07) is 11.6. The topological polar surface area (TPSA) is 88.7 Å². The highest BCUT2D eigenvalue weighted by molar-refractivity contribution is 6.42. The number of likely N-dealkylation sites (N-methyl/N-ethyl adjacent to an activating group) is 1. The molecule has 0 bridgehead atoms. The fourth-order valence-electron chi connectivity index (χ4n) is 2.52. The molecule has 0 aromatic heterocycles. The number of amides is 1. The number of hydrogen-bond acceptors (Lipinski definition) is 4. The van der Waals surface area contributed by atoms with E-state index in [1.54, 1.807) is 18.2 Å². The molecule has 9 heteroatoms. The summed E-state index contributed by atoms with van der Waals surface area (Å²) in [6.07, 6.45) is 0. The Bertz CT molecular complexity index is 800. The Morgan fingerprint density at radius 3 is 2.52 bits per heavy atom. The molecule has 7 nitrogen and oxygen atoms in total. The summed E-state index contributed by atoms with van der Waals surface area (Å²) in [4.78, 5) is 23.2. The molecular formula is C18H21Cl2N4O3+. The van der Waals surface area contributed by atoms with Crippen molar-refractivity contribution in [1.29, 1.82) is 0 Å². The number of carbonyl (C=O) groups excluding carboxylic acids is 1. The van der Waals surface area contributed by atoms with Crippen LogP contribution >= 0.6 is 23.2 Å². The van der Waals surface area contributed by atoms with Gasteiger partial charge in [0.1, 0.15) is 6.54 Å². The van der Waals surface area contributed by atoms with Crippen molar-refractivity contribution in [2.45, 2.75) is 6.54 Å². The minimum absolute atomic E-state index is 0.0414. The Morgan fingerprint density at radius 2 is 1.85 bits per heavy atom. The third-order valence-corrected chi connectivity index (χ3v) is 4.70. The second-order valence-electron chi connectivity index (χ2n) is 6.10. The second kappa shape index (κ2) is 10.1. The minimum atomic E-state index is -0.445. The van der Waals surface area contributed by atoms with Gasteiger partial charge < -0.3 is 15.5 Å². The minimum Gasteiger partial charge on any atom is -0.383 e. The van der Waals surface area contributed by atoms with E-state index in [-0.39, 0.29) is 11.6 Å². The molecule has 1 unspecified atom stereocenters. The van der Waals surface area contributed by atoms with Crippen molar-refractivity contribution in [1.82, 2.24) is 5.32 Å². The van der Waals surface area contributed by atoms with E-state index in [4.69, 9.17) is 23.2 Å². The van der Waals surface area contributed by atoms with Gasteiger partial charge in [0.25, 0.3) is 11.6 Å². The van der Waals surface area contributed by atoms with Crippen LogP contribution in [-0.2, 0) is 11.3 Å². The third kappa shape index (κ3) is 6.71. The highest BCUT2D eigenvalue weighted by Gasteiger charge is 2.13. The van der Waals surface area contributed by atoms with E-state index in [1.165, 1.54) is 12.1 Å². The van der Waals surface area contributed by atoms with Gasteiger partial charge in [0, 0.05) is 36.5 Å². The monoisotopic (exact) mass is 411 g/mol. The number of rotatable bonds is 9. The van der Waals surface area contributed by atoms with E-state index in [1.807, 2.05) is 19.2 Å². The molecule has 0 heterocycles. The van der Waals surface area contributed by atoms with E-state index < -0.39 is 4.92 Å². The molecule has 0 saturated heterocycles. The number of non-ortho nitro benzene ring substituents is 1. The number of nitrogens with zero attached hydrogens (tertiary/aromatic N) is 1. The number of hydrogen-bond donors (Lipinski definition) is 3. The summed E-state index contributed by atoms with van der Waals surface area (Å²) in [5.74, 6) is -0.0730. The number of nitro benzene ring substituents is 1. The van der Waals surface area contributed by atoms with Crippen LogP contribution in [-0.4, -0.2) is 37.5 Å². The number of nitro groups is 1. The maximum absolute atomic E-state index is 12.0. The zero-order chi connectivity index (χ0) is 19.8. The Hall–Kier alpha value is -2.35. The maximum atomic E-state index is 12.0. The molecule has 3 N–H and O–H groups in total. The van der Waals surface area contributed by atoms with E-state index in [0.29, 0.717) is 36.2 Å².